The zero-order chi connectivity index (χ0) is 15.8. The smallest absolute Gasteiger partial charge is 0.315 e. The van der Waals surface area contributed by atoms with E-state index in [0.29, 0.717) is 6.04 Å². The minimum atomic E-state index is -0.0193. The fourth-order valence-corrected chi connectivity index (χ4v) is 2.95. The van der Waals surface area contributed by atoms with Crippen molar-refractivity contribution in [2.75, 3.05) is 7.11 Å². The van der Waals surface area contributed by atoms with Crippen LogP contribution < -0.4 is 15.4 Å². The van der Waals surface area contributed by atoms with E-state index in [1.807, 2.05) is 12.1 Å². The van der Waals surface area contributed by atoms with Crippen LogP contribution >= 0.6 is 0 Å². The predicted octanol–water partition coefficient (Wildman–Crippen LogP) is 3.65. The lowest BCUT2D eigenvalue weighted by Crippen LogP contribution is -2.46. The molecule has 4 nitrogen and oxygen atoms in total. The van der Waals surface area contributed by atoms with Crippen LogP contribution in [0.5, 0.6) is 5.75 Å². The van der Waals surface area contributed by atoms with Gasteiger partial charge in [-0.15, -0.1) is 0 Å². The Labute approximate surface area is 133 Å². The van der Waals surface area contributed by atoms with Crippen molar-refractivity contribution in [1.29, 1.82) is 0 Å². The van der Waals surface area contributed by atoms with Gasteiger partial charge in [-0.1, -0.05) is 31.4 Å². The Kier molecular flexibility index (Phi) is 6.56. The van der Waals surface area contributed by atoms with Crippen LogP contribution in [0.15, 0.2) is 24.3 Å². The molecule has 22 heavy (non-hydrogen) atoms. The minimum Gasteiger partial charge on any atom is -0.497 e. The Bertz CT molecular complexity index is 453. The summed E-state index contributed by atoms with van der Waals surface area (Å²) in [6, 6.07) is 8.62. The maximum absolute atomic E-state index is 12.0. The molecule has 1 aliphatic carbocycles. The van der Waals surface area contributed by atoms with Gasteiger partial charge in [0.05, 0.1) is 7.11 Å². The van der Waals surface area contributed by atoms with E-state index >= 15 is 0 Å². The quantitative estimate of drug-likeness (QED) is 0.843. The highest BCUT2D eigenvalue weighted by atomic mass is 16.5. The van der Waals surface area contributed by atoms with Crippen LogP contribution in [0.4, 0.5) is 4.79 Å². The molecule has 0 aliphatic heterocycles. The van der Waals surface area contributed by atoms with Gasteiger partial charge in [0, 0.05) is 12.1 Å². The number of rotatable bonds is 6. The molecular weight excluding hydrogens is 276 g/mol. The minimum absolute atomic E-state index is 0.0193. The van der Waals surface area contributed by atoms with Crippen LogP contribution in [0, 0.1) is 0 Å². The van der Waals surface area contributed by atoms with Gasteiger partial charge < -0.3 is 15.4 Å². The summed E-state index contributed by atoms with van der Waals surface area (Å²) in [5.41, 5.74) is 1.27. The fraction of sp³-hybridized carbons (Fsp3) is 0.611. The highest BCUT2D eigenvalue weighted by Gasteiger charge is 2.16. The Hall–Kier alpha value is -1.71. The molecule has 122 valence electrons. The number of carbonyl (C=O) groups is 1. The number of carbonyl (C=O) groups excluding carboxylic acids is 1. The first kappa shape index (κ1) is 16.7. The van der Waals surface area contributed by atoms with Crippen LogP contribution in [0.1, 0.15) is 51.0 Å². The number of urea groups is 1. The van der Waals surface area contributed by atoms with Crippen LogP contribution in [0.3, 0.4) is 0 Å². The molecule has 0 aromatic heterocycles. The van der Waals surface area contributed by atoms with E-state index in [1.54, 1.807) is 7.11 Å². The molecule has 2 amide bonds. The van der Waals surface area contributed by atoms with E-state index in [1.165, 1.54) is 24.8 Å². The first-order valence-corrected chi connectivity index (χ1v) is 8.37. The number of ether oxygens (including phenoxy) is 1. The van der Waals surface area contributed by atoms with E-state index in [0.717, 1.165) is 31.4 Å². The summed E-state index contributed by atoms with van der Waals surface area (Å²) in [5, 5.41) is 6.14. The van der Waals surface area contributed by atoms with Crippen LogP contribution in [0.25, 0.3) is 0 Å². The number of hydrogen-bond donors (Lipinski definition) is 2. The molecule has 0 saturated heterocycles. The van der Waals surface area contributed by atoms with E-state index in [2.05, 4.69) is 29.7 Å². The topological polar surface area (TPSA) is 50.4 Å². The zero-order valence-corrected chi connectivity index (χ0v) is 13.7. The normalized spacial score (nSPS) is 16.8. The Morgan fingerprint density at radius 1 is 1.23 bits per heavy atom. The molecule has 1 unspecified atom stereocenters. The highest BCUT2D eigenvalue weighted by Crippen LogP contribution is 2.17. The number of amides is 2. The fourth-order valence-electron chi connectivity index (χ4n) is 2.95. The van der Waals surface area contributed by atoms with Crippen molar-refractivity contribution in [3.8, 4) is 5.75 Å². The van der Waals surface area contributed by atoms with Crippen molar-refractivity contribution >= 4 is 6.03 Å². The maximum Gasteiger partial charge on any atom is 0.315 e. The van der Waals surface area contributed by atoms with Crippen molar-refractivity contribution in [2.45, 2.75) is 64.0 Å². The number of methoxy groups -OCH3 is 1. The molecule has 1 atom stereocenters. The molecule has 1 fully saturated rings. The molecule has 1 aromatic carbocycles. The average molecular weight is 304 g/mol. The van der Waals surface area contributed by atoms with Crippen LogP contribution in [0.2, 0.25) is 0 Å². The van der Waals surface area contributed by atoms with Crippen molar-refractivity contribution < 1.29 is 9.53 Å². The third kappa shape index (κ3) is 5.58. The first-order chi connectivity index (χ1) is 10.7. The van der Waals surface area contributed by atoms with Crippen molar-refractivity contribution in [1.82, 2.24) is 10.6 Å². The molecule has 4 heteroatoms. The maximum atomic E-state index is 12.0. The predicted molar refractivity (Wildman–Crippen MR) is 89.3 cm³/mol. The first-order valence-electron chi connectivity index (χ1n) is 8.37. The highest BCUT2D eigenvalue weighted by molar-refractivity contribution is 5.74. The third-order valence-corrected chi connectivity index (χ3v) is 4.34. The van der Waals surface area contributed by atoms with E-state index in [9.17, 15) is 4.79 Å². The molecule has 0 heterocycles. The Balaban J connectivity index is 1.67. The lowest BCUT2D eigenvalue weighted by Gasteiger charge is -2.24. The summed E-state index contributed by atoms with van der Waals surface area (Å²) < 4.78 is 5.15. The van der Waals surface area contributed by atoms with Gasteiger partial charge in [0.2, 0.25) is 0 Å². The number of aryl methyl sites for hydroxylation is 1. The Morgan fingerprint density at radius 3 is 2.55 bits per heavy atom. The average Bonchev–Trinajstić information content (AvgIpc) is 2.54. The second kappa shape index (κ2) is 8.66. The molecule has 0 spiro atoms. The third-order valence-electron chi connectivity index (χ3n) is 4.34. The summed E-state index contributed by atoms with van der Waals surface area (Å²) in [7, 11) is 1.67. The summed E-state index contributed by atoms with van der Waals surface area (Å²) in [5.74, 6) is 0.877. The van der Waals surface area contributed by atoms with Crippen LogP contribution in [-0.2, 0) is 6.42 Å². The molecular formula is C18H28N2O2. The summed E-state index contributed by atoms with van der Waals surface area (Å²) in [6.07, 6.45) is 7.90. The molecule has 0 radical (unpaired) electrons. The van der Waals surface area contributed by atoms with Gasteiger partial charge >= 0.3 is 6.03 Å². The lowest BCUT2D eigenvalue weighted by molar-refractivity contribution is 0.229. The second-order valence-electron chi connectivity index (χ2n) is 6.24. The van der Waals surface area contributed by atoms with Gasteiger partial charge in [0.1, 0.15) is 5.75 Å². The SMILES string of the molecule is COc1ccc(CCC(C)NC(=O)NC2CCCCC2)cc1. The summed E-state index contributed by atoms with van der Waals surface area (Å²) >= 11 is 0. The van der Waals surface area contributed by atoms with Crippen molar-refractivity contribution in [3.05, 3.63) is 29.8 Å². The van der Waals surface area contributed by atoms with Crippen molar-refractivity contribution in [2.24, 2.45) is 0 Å². The van der Waals surface area contributed by atoms with Gasteiger partial charge in [0.25, 0.3) is 0 Å². The van der Waals surface area contributed by atoms with E-state index < -0.39 is 0 Å². The van der Waals surface area contributed by atoms with Crippen LogP contribution in [-0.4, -0.2) is 25.2 Å². The zero-order valence-electron chi connectivity index (χ0n) is 13.7. The van der Waals surface area contributed by atoms with Gasteiger partial charge in [0.15, 0.2) is 0 Å². The molecule has 2 N–H and O–H groups in total. The summed E-state index contributed by atoms with van der Waals surface area (Å²) in [6.45, 7) is 2.06. The van der Waals surface area contributed by atoms with Crippen molar-refractivity contribution in [3.63, 3.8) is 0 Å². The van der Waals surface area contributed by atoms with E-state index in [4.69, 9.17) is 4.74 Å². The largest absolute Gasteiger partial charge is 0.497 e. The molecule has 0 bridgehead atoms. The standard InChI is InChI=1S/C18H28N2O2/c1-14(8-9-15-10-12-17(22-2)13-11-15)19-18(21)20-16-6-4-3-5-7-16/h10-14,16H,3-9H2,1-2H3,(H2,19,20,21). The van der Waals surface area contributed by atoms with Gasteiger partial charge in [-0.3, -0.25) is 0 Å². The monoisotopic (exact) mass is 304 g/mol. The van der Waals surface area contributed by atoms with Gasteiger partial charge in [-0.25, -0.2) is 4.79 Å². The van der Waals surface area contributed by atoms with Gasteiger partial charge in [-0.2, -0.15) is 0 Å². The number of nitrogens with one attached hydrogen (secondary N) is 2. The number of hydrogen-bond acceptors (Lipinski definition) is 2. The molecule has 2 rings (SSSR count). The second-order valence-corrected chi connectivity index (χ2v) is 6.24. The molecule has 1 saturated carbocycles. The summed E-state index contributed by atoms with van der Waals surface area (Å²) in [4.78, 5) is 12.0. The van der Waals surface area contributed by atoms with Gasteiger partial charge in [-0.05, 0) is 50.3 Å². The Morgan fingerprint density at radius 2 is 1.91 bits per heavy atom. The lowest BCUT2D eigenvalue weighted by atomic mass is 9.96. The molecule has 1 aromatic rings. The van der Waals surface area contributed by atoms with E-state index in [-0.39, 0.29) is 12.1 Å². The molecule has 1 aliphatic rings. The number of benzene rings is 1.